The Labute approximate surface area is 104 Å². The zero-order chi connectivity index (χ0) is 11.5. The van der Waals surface area contributed by atoms with Crippen molar-refractivity contribution >= 4 is 21.8 Å². The highest BCUT2D eigenvalue weighted by Crippen LogP contribution is 2.18. The van der Waals surface area contributed by atoms with Gasteiger partial charge in [0.2, 0.25) is 0 Å². The standard InChI is InChI=1S/C13H14BrNO/c1-10-5-6-11(14)9-12(10)13(16)15-7-3-2-4-8-15/h2-3,5-6,9H,4,7-8H2,1H3. The fourth-order valence-electron chi connectivity index (χ4n) is 1.82. The van der Waals surface area contributed by atoms with Gasteiger partial charge in [-0.05, 0) is 31.0 Å². The van der Waals surface area contributed by atoms with Gasteiger partial charge in [-0.1, -0.05) is 34.1 Å². The second-order valence-corrected chi connectivity index (χ2v) is 4.89. The van der Waals surface area contributed by atoms with E-state index in [1.807, 2.05) is 30.0 Å². The molecule has 1 aliphatic rings. The Bertz CT molecular complexity index is 440. The summed E-state index contributed by atoms with van der Waals surface area (Å²) in [5, 5.41) is 0. The quantitative estimate of drug-likeness (QED) is 0.724. The lowest BCUT2D eigenvalue weighted by atomic mass is 10.1. The highest BCUT2D eigenvalue weighted by Gasteiger charge is 2.17. The second-order valence-electron chi connectivity index (χ2n) is 3.97. The SMILES string of the molecule is Cc1ccc(Br)cc1C(=O)N1CC=CCC1. The Kier molecular flexibility index (Phi) is 3.44. The molecule has 2 nitrogen and oxygen atoms in total. The average molecular weight is 280 g/mol. The van der Waals surface area contributed by atoms with Crippen molar-refractivity contribution in [2.75, 3.05) is 13.1 Å². The van der Waals surface area contributed by atoms with Crippen LogP contribution in [0.15, 0.2) is 34.8 Å². The molecule has 16 heavy (non-hydrogen) atoms. The molecule has 0 atom stereocenters. The fraction of sp³-hybridized carbons (Fsp3) is 0.308. The summed E-state index contributed by atoms with van der Waals surface area (Å²) in [4.78, 5) is 14.1. The van der Waals surface area contributed by atoms with Crippen LogP contribution in [-0.4, -0.2) is 23.9 Å². The number of aryl methyl sites for hydroxylation is 1. The predicted molar refractivity (Wildman–Crippen MR) is 68.5 cm³/mol. The fourth-order valence-corrected chi connectivity index (χ4v) is 2.18. The number of nitrogens with zero attached hydrogens (tertiary/aromatic N) is 1. The van der Waals surface area contributed by atoms with Gasteiger partial charge in [-0.3, -0.25) is 4.79 Å². The van der Waals surface area contributed by atoms with E-state index in [2.05, 4.69) is 28.1 Å². The van der Waals surface area contributed by atoms with Gasteiger partial charge < -0.3 is 4.90 Å². The van der Waals surface area contributed by atoms with E-state index in [9.17, 15) is 4.79 Å². The second kappa shape index (κ2) is 4.83. The van der Waals surface area contributed by atoms with Gasteiger partial charge >= 0.3 is 0 Å². The van der Waals surface area contributed by atoms with Crippen LogP contribution in [0.4, 0.5) is 0 Å². The number of halogens is 1. The van der Waals surface area contributed by atoms with E-state index in [-0.39, 0.29) is 5.91 Å². The average Bonchev–Trinajstić information content (AvgIpc) is 2.32. The summed E-state index contributed by atoms with van der Waals surface area (Å²) in [5.41, 5.74) is 1.83. The van der Waals surface area contributed by atoms with Crippen LogP contribution in [0.25, 0.3) is 0 Å². The smallest absolute Gasteiger partial charge is 0.254 e. The van der Waals surface area contributed by atoms with Crippen LogP contribution in [0.3, 0.4) is 0 Å². The van der Waals surface area contributed by atoms with Gasteiger partial charge in [0.15, 0.2) is 0 Å². The summed E-state index contributed by atoms with van der Waals surface area (Å²) < 4.78 is 0.953. The van der Waals surface area contributed by atoms with Crippen molar-refractivity contribution in [2.24, 2.45) is 0 Å². The molecular formula is C13H14BrNO. The summed E-state index contributed by atoms with van der Waals surface area (Å²) in [5.74, 6) is 0.128. The first-order chi connectivity index (χ1) is 7.68. The molecule has 0 bridgehead atoms. The molecule has 1 aliphatic heterocycles. The van der Waals surface area contributed by atoms with Crippen molar-refractivity contribution in [1.29, 1.82) is 0 Å². The molecule has 0 fully saturated rings. The zero-order valence-corrected chi connectivity index (χ0v) is 10.8. The van der Waals surface area contributed by atoms with Crippen molar-refractivity contribution in [3.8, 4) is 0 Å². The van der Waals surface area contributed by atoms with Gasteiger partial charge in [-0.15, -0.1) is 0 Å². The highest BCUT2D eigenvalue weighted by atomic mass is 79.9. The van der Waals surface area contributed by atoms with Crippen LogP contribution in [0.2, 0.25) is 0 Å². The Hall–Kier alpha value is -1.09. The van der Waals surface area contributed by atoms with Crippen LogP contribution < -0.4 is 0 Å². The van der Waals surface area contributed by atoms with Crippen molar-refractivity contribution in [3.63, 3.8) is 0 Å². The summed E-state index contributed by atoms with van der Waals surface area (Å²) in [6.07, 6.45) is 5.13. The van der Waals surface area contributed by atoms with E-state index >= 15 is 0 Å². The van der Waals surface area contributed by atoms with E-state index in [4.69, 9.17) is 0 Å². The van der Waals surface area contributed by atoms with Gasteiger partial charge in [-0.25, -0.2) is 0 Å². The van der Waals surface area contributed by atoms with Crippen molar-refractivity contribution < 1.29 is 4.79 Å². The number of carbonyl (C=O) groups excluding carboxylic acids is 1. The molecule has 0 unspecified atom stereocenters. The van der Waals surface area contributed by atoms with Crippen molar-refractivity contribution in [2.45, 2.75) is 13.3 Å². The van der Waals surface area contributed by atoms with E-state index in [0.717, 1.165) is 35.1 Å². The maximum Gasteiger partial charge on any atom is 0.254 e. The monoisotopic (exact) mass is 279 g/mol. The van der Waals surface area contributed by atoms with Gasteiger partial charge in [0.05, 0.1) is 0 Å². The Morgan fingerprint density at radius 1 is 1.38 bits per heavy atom. The molecule has 84 valence electrons. The third-order valence-corrected chi connectivity index (χ3v) is 3.27. The minimum atomic E-state index is 0.128. The topological polar surface area (TPSA) is 20.3 Å². The first-order valence-electron chi connectivity index (χ1n) is 5.39. The predicted octanol–water partition coefficient (Wildman–Crippen LogP) is 3.16. The number of hydrogen-bond donors (Lipinski definition) is 0. The Balaban J connectivity index is 2.26. The zero-order valence-electron chi connectivity index (χ0n) is 9.24. The largest absolute Gasteiger partial charge is 0.335 e. The minimum absolute atomic E-state index is 0.128. The third-order valence-electron chi connectivity index (χ3n) is 2.78. The molecule has 1 heterocycles. The number of benzene rings is 1. The summed E-state index contributed by atoms with van der Waals surface area (Å²) in [7, 11) is 0. The van der Waals surface area contributed by atoms with Gasteiger partial charge in [0.1, 0.15) is 0 Å². The van der Waals surface area contributed by atoms with Crippen LogP contribution in [-0.2, 0) is 0 Å². The molecule has 0 saturated carbocycles. The molecule has 0 aliphatic carbocycles. The van der Waals surface area contributed by atoms with E-state index in [1.54, 1.807) is 0 Å². The van der Waals surface area contributed by atoms with Crippen LogP contribution in [0, 0.1) is 6.92 Å². The van der Waals surface area contributed by atoms with E-state index in [0.29, 0.717) is 0 Å². The lowest BCUT2D eigenvalue weighted by Crippen LogP contribution is -2.34. The first-order valence-corrected chi connectivity index (χ1v) is 6.18. The van der Waals surface area contributed by atoms with Gasteiger partial charge in [-0.2, -0.15) is 0 Å². The molecule has 1 aromatic rings. The number of rotatable bonds is 1. The van der Waals surface area contributed by atoms with E-state index in [1.165, 1.54) is 0 Å². The molecule has 3 heteroatoms. The molecule has 0 spiro atoms. The van der Waals surface area contributed by atoms with Crippen molar-refractivity contribution in [3.05, 3.63) is 46.0 Å². The molecule has 0 N–H and O–H groups in total. The molecular weight excluding hydrogens is 266 g/mol. The molecule has 0 aromatic heterocycles. The minimum Gasteiger partial charge on any atom is -0.335 e. The van der Waals surface area contributed by atoms with Crippen LogP contribution >= 0.6 is 15.9 Å². The maximum absolute atomic E-state index is 12.2. The Morgan fingerprint density at radius 2 is 2.19 bits per heavy atom. The van der Waals surface area contributed by atoms with Crippen molar-refractivity contribution in [1.82, 2.24) is 4.90 Å². The van der Waals surface area contributed by atoms with Gasteiger partial charge in [0.25, 0.3) is 5.91 Å². The molecule has 2 rings (SSSR count). The summed E-state index contributed by atoms with van der Waals surface area (Å²) >= 11 is 3.40. The first kappa shape index (κ1) is 11.4. The van der Waals surface area contributed by atoms with Gasteiger partial charge in [0, 0.05) is 23.1 Å². The molecule has 1 amide bonds. The summed E-state index contributed by atoms with van der Waals surface area (Å²) in [6, 6.07) is 5.83. The lowest BCUT2D eigenvalue weighted by Gasteiger charge is -2.24. The maximum atomic E-state index is 12.2. The molecule has 0 radical (unpaired) electrons. The van der Waals surface area contributed by atoms with E-state index < -0.39 is 0 Å². The molecule has 0 saturated heterocycles. The van der Waals surface area contributed by atoms with Crippen LogP contribution in [0.5, 0.6) is 0 Å². The Morgan fingerprint density at radius 3 is 2.88 bits per heavy atom. The number of amides is 1. The molecule has 1 aromatic carbocycles. The normalized spacial score (nSPS) is 15.2. The number of hydrogen-bond acceptors (Lipinski definition) is 1. The summed E-state index contributed by atoms with van der Waals surface area (Å²) in [6.45, 7) is 3.52. The lowest BCUT2D eigenvalue weighted by molar-refractivity contribution is 0.0770. The van der Waals surface area contributed by atoms with Crippen LogP contribution in [0.1, 0.15) is 22.3 Å². The third kappa shape index (κ3) is 2.35. The number of carbonyl (C=O) groups is 1. The highest BCUT2D eigenvalue weighted by molar-refractivity contribution is 9.10.